The van der Waals surface area contributed by atoms with Crippen molar-refractivity contribution in [2.24, 2.45) is 0 Å². The lowest BCUT2D eigenvalue weighted by Crippen LogP contribution is -2.25. The summed E-state index contributed by atoms with van der Waals surface area (Å²) in [6.45, 7) is 2.66. The van der Waals surface area contributed by atoms with Gasteiger partial charge in [-0.2, -0.15) is 10.1 Å². The Kier molecular flexibility index (Phi) is 2.93. The number of aryl methyl sites for hydroxylation is 1. The number of benzene rings is 1. The van der Waals surface area contributed by atoms with E-state index in [0.29, 0.717) is 24.5 Å². The number of nitrogens with one attached hydrogen (secondary N) is 1. The number of fused-ring (bicyclic) bond motifs is 1. The van der Waals surface area contributed by atoms with Crippen molar-refractivity contribution in [1.29, 1.82) is 0 Å². The van der Waals surface area contributed by atoms with Crippen LogP contribution >= 0.6 is 0 Å². The smallest absolute Gasteiger partial charge is 0.221 e. The lowest BCUT2D eigenvalue weighted by atomic mass is 10.0. The van der Waals surface area contributed by atoms with Crippen LogP contribution in [-0.2, 0) is 6.42 Å². The number of rotatable bonds is 2. The van der Waals surface area contributed by atoms with Gasteiger partial charge in [-0.15, -0.1) is 0 Å². The van der Waals surface area contributed by atoms with Gasteiger partial charge in [0.1, 0.15) is 11.6 Å². The Labute approximate surface area is 109 Å². The minimum absolute atomic E-state index is 0.232. The van der Waals surface area contributed by atoms with E-state index in [1.54, 1.807) is 4.68 Å². The van der Waals surface area contributed by atoms with Crippen LogP contribution in [0.5, 0.6) is 0 Å². The van der Waals surface area contributed by atoms with E-state index in [9.17, 15) is 8.78 Å². The third kappa shape index (κ3) is 2.07. The molecule has 6 heteroatoms. The molecule has 100 valence electrons. The van der Waals surface area contributed by atoms with E-state index in [1.165, 1.54) is 12.1 Å². The Balaban J connectivity index is 2.05. The van der Waals surface area contributed by atoms with Crippen molar-refractivity contribution in [3.63, 3.8) is 0 Å². The first-order valence-corrected chi connectivity index (χ1v) is 6.33. The van der Waals surface area contributed by atoms with E-state index < -0.39 is 11.6 Å². The van der Waals surface area contributed by atoms with Gasteiger partial charge in [-0.3, -0.25) is 0 Å². The zero-order valence-corrected chi connectivity index (χ0v) is 10.5. The fourth-order valence-corrected chi connectivity index (χ4v) is 2.36. The maximum atomic E-state index is 13.9. The Morgan fingerprint density at radius 1 is 1.42 bits per heavy atom. The molecular weight excluding hydrogens is 250 g/mol. The number of hydrogen-bond donors (Lipinski definition) is 1. The second-order valence-electron chi connectivity index (χ2n) is 4.55. The first kappa shape index (κ1) is 12.1. The van der Waals surface area contributed by atoms with Crippen molar-refractivity contribution in [3.05, 3.63) is 41.2 Å². The van der Waals surface area contributed by atoms with Crippen molar-refractivity contribution < 1.29 is 8.78 Å². The van der Waals surface area contributed by atoms with Crippen molar-refractivity contribution in [2.45, 2.75) is 25.8 Å². The second kappa shape index (κ2) is 4.60. The second-order valence-corrected chi connectivity index (χ2v) is 4.55. The molecule has 0 spiro atoms. The third-order valence-corrected chi connectivity index (χ3v) is 3.31. The van der Waals surface area contributed by atoms with Crippen LogP contribution in [0.4, 0.5) is 14.7 Å². The average molecular weight is 264 g/mol. The van der Waals surface area contributed by atoms with Gasteiger partial charge < -0.3 is 5.32 Å². The minimum Gasteiger partial charge on any atom is -0.354 e. The maximum absolute atomic E-state index is 13.9. The van der Waals surface area contributed by atoms with Gasteiger partial charge in [-0.05, 0) is 12.5 Å². The van der Waals surface area contributed by atoms with Crippen LogP contribution in [0.25, 0.3) is 0 Å². The Bertz CT molecular complexity index is 609. The fraction of sp³-hybridized carbons (Fsp3) is 0.385. The predicted molar refractivity (Wildman–Crippen MR) is 67.0 cm³/mol. The molecule has 1 aliphatic heterocycles. The zero-order valence-electron chi connectivity index (χ0n) is 10.5. The van der Waals surface area contributed by atoms with E-state index >= 15 is 0 Å². The number of halogens is 2. The van der Waals surface area contributed by atoms with Crippen LogP contribution in [0.2, 0.25) is 0 Å². The molecule has 1 atom stereocenters. The first-order chi connectivity index (χ1) is 9.19. The van der Waals surface area contributed by atoms with E-state index in [2.05, 4.69) is 15.4 Å². The first-order valence-electron chi connectivity index (χ1n) is 6.33. The third-order valence-electron chi connectivity index (χ3n) is 3.31. The normalized spacial score (nSPS) is 17.9. The van der Waals surface area contributed by atoms with Gasteiger partial charge in [-0.1, -0.05) is 13.0 Å². The van der Waals surface area contributed by atoms with E-state index in [4.69, 9.17) is 0 Å². The summed E-state index contributed by atoms with van der Waals surface area (Å²) in [4.78, 5) is 4.34. The highest BCUT2D eigenvalue weighted by atomic mass is 19.1. The molecule has 1 aromatic carbocycles. The molecule has 0 saturated heterocycles. The standard InChI is InChI=1S/C13H14F2N4/c1-2-12-17-13-16-6-5-11(19(13)18-12)9-4-3-8(14)7-10(9)15/h3-4,7,11H,2,5-6H2,1H3,(H,16,17,18). The maximum Gasteiger partial charge on any atom is 0.221 e. The van der Waals surface area contributed by atoms with E-state index in [0.717, 1.165) is 18.3 Å². The molecule has 19 heavy (non-hydrogen) atoms. The molecule has 0 saturated carbocycles. The minimum atomic E-state index is -0.566. The Morgan fingerprint density at radius 2 is 2.26 bits per heavy atom. The van der Waals surface area contributed by atoms with Crippen LogP contribution in [0, 0.1) is 11.6 Å². The molecule has 2 aromatic rings. The summed E-state index contributed by atoms with van der Waals surface area (Å²) in [5.41, 5.74) is 0.455. The zero-order chi connectivity index (χ0) is 13.4. The van der Waals surface area contributed by atoms with Gasteiger partial charge in [0, 0.05) is 24.6 Å². The molecule has 3 rings (SSSR count). The lowest BCUT2D eigenvalue weighted by molar-refractivity contribution is 0.452. The SMILES string of the molecule is CCc1nc2n(n1)C(c1ccc(F)cc1F)CCN2. The quantitative estimate of drug-likeness (QED) is 0.906. The van der Waals surface area contributed by atoms with Gasteiger partial charge in [0.2, 0.25) is 5.95 Å². The molecule has 0 bridgehead atoms. The van der Waals surface area contributed by atoms with Crippen molar-refractivity contribution >= 4 is 5.95 Å². The van der Waals surface area contributed by atoms with Gasteiger partial charge >= 0.3 is 0 Å². The van der Waals surface area contributed by atoms with E-state index in [-0.39, 0.29) is 6.04 Å². The van der Waals surface area contributed by atoms with E-state index in [1.807, 2.05) is 6.92 Å². The highest BCUT2D eigenvalue weighted by Gasteiger charge is 2.26. The number of aromatic nitrogens is 3. The van der Waals surface area contributed by atoms with Gasteiger partial charge in [0.25, 0.3) is 0 Å². The van der Waals surface area contributed by atoms with Crippen LogP contribution < -0.4 is 5.32 Å². The summed E-state index contributed by atoms with van der Waals surface area (Å²) in [6, 6.07) is 3.44. The molecule has 1 aromatic heterocycles. The summed E-state index contributed by atoms with van der Waals surface area (Å²) < 4.78 is 28.6. The summed E-state index contributed by atoms with van der Waals surface area (Å²) in [6.07, 6.45) is 1.42. The Morgan fingerprint density at radius 3 is 3.00 bits per heavy atom. The predicted octanol–water partition coefficient (Wildman–Crippen LogP) is 2.52. The highest BCUT2D eigenvalue weighted by molar-refractivity contribution is 5.33. The molecule has 1 N–H and O–H groups in total. The summed E-state index contributed by atoms with van der Waals surface area (Å²) >= 11 is 0. The van der Waals surface area contributed by atoms with Crippen molar-refractivity contribution in [1.82, 2.24) is 14.8 Å². The number of anilines is 1. The van der Waals surface area contributed by atoms with Crippen LogP contribution in [0.15, 0.2) is 18.2 Å². The van der Waals surface area contributed by atoms with Crippen LogP contribution in [0.3, 0.4) is 0 Å². The molecule has 0 radical (unpaired) electrons. The van der Waals surface area contributed by atoms with Gasteiger partial charge in [0.15, 0.2) is 5.82 Å². The van der Waals surface area contributed by atoms with Gasteiger partial charge in [-0.25, -0.2) is 13.5 Å². The molecule has 0 fully saturated rings. The fourth-order valence-electron chi connectivity index (χ4n) is 2.36. The average Bonchev–Trinajstić information content (AvgIpc) is 2.82. The Hall–Kier alpha value is -1.98. The molecule has 0 aliphatic carbocycles. The molecular formula is C13H14F2N4. The lowest BCUT2D eigenvalue weighted by Gasteiger charge is -2.25. The molecule has 1 unspecified atom stereocenters. The number of nitrogens with zero attached hydrogens (tertiary/aromatic N) is 3. The monoisotopic (exact) mass is 264 g/mol. The molecule has 4 nitrogen and oxygen atoms in total. The summed E-state index contributed by atoms with van der Waals surface area (Å²) in [7, 11) is 0. The molecule has 0 amide bonds. The largest absolute Gasteiger partial charge is 0.354 e. The van der Waals surface area contributed by atoms with Crippen molar-refractivity contribution in [3.8, 4) is 0 Å². The topological polar surface area (TPSA) is 42.7 Å². The summed E-state index contributed by atoms with van der Waals surface area (Å²) in [5, 5.41) is 7.51. The van der Waals surface area contributed by atoms with Crippen LogP contribution in [0.1, 0.15) is 30.8 Å². The molecule has 2 heterocycles. The van der Waals surface area contributed by atoms with Crippen molar-refractivity contribution in [2.75, 3.05) is 11.9 Å². The van der Waals surface area contributed by atoms with Gasteiger partial charge in [0.05, 0.1) is 6.04 Å². The summed E-state index contributed by atoms with van der Waals surface area (Å²) in [5.74, 6) is 0.267. The van der Waals surface area contributed by atoms with Crippen LogP contribution in [-0.4, -0.2) is 21.3 Å². The number of hydrogen-bond acceptors (Lipinski definition) is 3. The molecule has 1 aliphatic rings. The highest BCUT2D eigenvalue weighted by Crippen LogP contribution is 2.30.